The predicted octanol–water partition coefficient (Wildman–Crippen LogP) is -0.888. The Bertz CT molecular complexity index is 125. The molecule has 0 aliphatic heterocycles. The highest BCUT2D eigenvalue weighted by Gasteiger charge is 2.08. The second-order valence-electron chi connectivity index (χ2n) is 2.74. The average molecular weight is 161 g/mol. The topological polar surface area (TPSA) is 69.6 Å². The van der Waals surface area contributed by atoms with Crippen LogP contribution in [0.2, 0.25) is 0 Å². The monoisotopic (exact) mass is 161 g/mol. The zero-order valence-electron chi connectivity index (χ0n) is 6.87. The first-order valence-corrected chi connectivity index (χ1v) is 3.64. The first-order chi connectivity index (χ1) is 5.07. The van der Waals surface area contributed by atoms with Gasteiger partial charge in [0.15, 0.2) is 0 Å². The summed E-state index contributed by atoms with van der Waals surface area (Å²) in [5.41, 5.74) is 0. The van der Waals surface area contributed by atoms with Crippen molar-refractivity contribution in [1.82, 2.24) is 5.32 Å². The number of hydrogen-bond donors (Lipinski definition) is 3. The number of aliphatic hydroxyl groups excluding tert-OH is 2. The Morgan fingerprint density at radius 1 is 1.55 bits per heavy atom. The van der Waals surface area contributed by atoms with Crippen LogP contribution in [0.5, 0.6) is 0 Å². The van der Waals surface area contributed by atoms with Gasteiger partial charge in [-0.2, -0.15) is 0 Å². The summed E-state index contributed by atoms with van der Waals surface area (Å²) in [4.78, 5) is 10.9. The van der Waals surface area contributed by atoms with Gasteiger partial charge in [0.2, 0.25) is 5.91 Å². The van der Waals surface area contributed by atoms with E-state index in [2.05, 4.69) is 5.32 Å². The summed E-state index contributed by atoms with van der Waals surface area (Å²) in [5.74, 6) is -0.196. The fourth-order valence-electron chi connectivity index (χ4n) is 0.487. The Labute approximate surface area is 66.2 Å². The van der Waals surface area contributed by atoms with E-state index in [1.807, 2.05) is 0 Å². The molecule has 0 aliphatic carbocycles. The van der Waals surface area contributed by atoms with Gasteiger partial charge in [-0.1, -0.05) is 13.8 Å². The van der Waals surface area contributed by atoms with Gasteiger partial charge < -0.3 is 15.5 Å². The molecule has 0 saturated heterocycles. The lowest BCUT2D eigenvalue weighted by atomic mass is 10.2. The summed E-state index contributed by atoms with van der Waals surface area (Å²) in [6.07, 6.45) is -0.849. The van der Waals surface area contributed by atoms with Crippen molar-refractivity contribution in [3.63, 3.8) is 0 Å². The molecule has 0 radical (unpaired) electrons. The van der Waals surface area contributed by atoms with E-state index < -0.39 is 6.10 Å². The van der Waals surface area contributed by atoms with Crippen molar-refractivity contribution in [3.05, 3.63) is 0 Å². The SMILES string of the molecule is CC(C)C(=O)NCC(O)CO. The van der Waals surface area contributed by atoms with Crippen LogP contribution in [0.25, 0.3) is 0 Å². The van der Waals surface area contributed by atoms with Crippen LogP contribution < -0.4 is 5.32 Å². The molecule has 3 N–H and O–H groups in total. The summed E-state index contributed by atoms with van der Waals surface area (Å²) < 4.78 is 0. The Morgan fingerprint density at radius 2 is 2.09 bits per heavy atom. The lowest BCUT2D eigenvalue weighted by molar-refractivity contribution is -0.124. The molecule has 1 amide bonds. The number of nitrogens with one attached hydrogen (secondary N) is 1. The maximum atomic E-state index is 10.9. The molecule has 0 rings (SSSR count). The molecule has 0 fully saturated rings. The molecule has 4 nitrogen and oxygen atoms in total. The molecule has 11 heavy (non-hydrogen) atoms. The highest BCUT2D eigenvalue weighted by molar-refractivity contribution is 5.77. The van der Waals surface area contributed by atoms with Crippen LogP contribution in [0.15, 0.2) is 0 Å². The molecule has 0 spiro atoms. The third-order valence-corrected chi connectivity index (χ3v) is 1.25. The van der Waals surface area contributed by atoms with E-state index in [4.69, 9.17) is 10.2 Å². The fourth-order valence-corrected chi connectivity index (χ4v) is 0.487. The van der Waals surface area contributed by atoms with Crippen LogP contribution in [0.4, 0.5) is 0 Å². The number of hydrogen-bond acceptors (Lipinski definition) is 3. The van der Waals surface area contributed by atoms with E-state index in [1.165, 1.54) is 0 Å². The maximum Gasteiger partial charge on any atom is 0.222 e. The lowest BCUT2D eigenvalue weighted by Gasteiger charge is -2.10. The van der Waals surface area contributed by atoms with Crippen LogP contribution in [0.3, 0.4) is 0 Å². The largest absolute Gasteiger partial charge is 0.394 e. The molecule has 1 atom stereocenters. The van der Waals surface area contributed by atoms with Crippen molar-refractivity contribution in [1.29, 1.82) is 0 Å². The van der Waals surface area contributed by atoms with E-state index in [-0.39, 0.29) is 25.0 Å². The normalized spacial score (nSPS) is 13.2. The van der Waals surface area contributed by atoms with E-state index in [0.717, 1.165) is 0 Å². The number of aliphatic hydroxyl groups is 2. The molecule has 0 saturated carbocycles. The van der Waals surface area contributed by atoms with Gasteiger partial charge in [-0.3, -0.25) is 4.79 Å². The summed E-state index contributed by atoms with van der Waals surface area (Å²) in [7, 11) is 0. The minimum Gasteiger partial charge on any atom is -0.394 e. The molecule has 0 aromatic rings. The smallest absolute Gasteiger partial charge is 0.222 e. The third kappa shape index (κ3) is 4.75. The van der Waals surface area contributed by atoms with Crippen LogP contribution in [-0.2, 0) is 4.79 Å². The second-order valence-corrected chi connectivity index (χ2v) is 2.74. The molecule has 4 heteroatoms. The minimum absolute atomic E-state index is 0.0825. The van der Waals surface area contributed by atoms with Gasteiger partial charge >= 0.3 is 0 Å². The van der Waals surface area contributed by atoms with Gasteiger partial charge in [-0.05, 0) is 0 Å². The summed E-state index contributed by atoms with van der Waals surface area (Å²) in [5, 5.41) is 19.7. The van der Waals surface area contributed by atoms with Crippen molar-refractivity contribution in [2.24, 2.45) is 5.92 Å². The van der Waals surface area contributed by atoms with Crippen molar-refractivity contribution >= 4 is 5.91 Å². The number of amides is 1. The van der Waals surface area contributed by atoms with Gasteiger partial charge in [0, 0.05) is 12.5 Å². The summed E-state index contributed by atoms with van der Waals surface area (Å²) in [6.45, 7) is 3.33. The van der Waals surface area contributed by atoms with Crippen LogP contribution in [0.1, 0.15) is 13.8 Å². The Hall–Kier alpha value is -0.610. The van der Waals surface area contributed by atoms with E-state index >= 15 is 0 Å². The molecular formula is C7H15NO3. The second kappa shape index (κ2) is 5.09. The van der Waals surface area contributed by atoms with E-state index in [1.54, 1.807) is 13.8 Å². The summed E-state index contributed by atoms with van der Waals surface area (Å²) >= 11 is 0. The molecule has 1 unspecified atom stereocenters. The van der Waals surface area contributed by atoms with Gasteiger partial charge in [-0.25, -0.2) is 0 Å². The standard InChI is InChI=1S/C7H15NO3/c1-5(2)7(11)8-3-6(10)4-9/h5-6,9-10H,3-4H2,1-2H3,(H,8,11). The zero-order valence-corrected chi connectivity index (χ0v) is 6.87. The van der Waals surface area contributed by atoms with E-state index in [0.29, 0.717) is 0 Å². The zero-order chi connectivity index (χ0) is 8.85. The fraction of sp³-hybridized carbons (Fsp3) is 0.857. The lowest BCUT2D eigenvalue weighted by Crippen LogP contribution is -2.36. The molecule has 0 heterocycles. The minimum atomic E-state index is -0.849. The van der Waals surface area contributed by atoms with Crippen LogP contribution in [-0.4, -0.2) is 35.4 Å². The van der Waals surface area contributed by atoms with Crippen molar-refractivity contribution in [3.8, 4) is 0 Å². The van der Waals surface area contributed by atoms with Crippen molar-refractivity contribution in [2.75, 3.05) is 13.2 Å². The molecular weight excluding hydrogens is 146 g/mol. The Kier molecular flexibility index (Phi) is 4.81. The Balaban J connectivity index is 3.46. The predicted molar refractivity (Wildman–Crippen MR) is 40.9 cm³/mol. The quantitative estimate of drug-likeness (QED) is 0.501. The molecule has 0 aromatic heterocycles. The molecule has 66 valence electrons. The third-order valence-electron chi connectivity index (χ3n) is 1.25. The summed E-state index contributed by atoms with van der Waals surface area (Å²) in [6, 6.07) is 0. The van der Waals surface area contributed by atoms with Gasteiger partial charge in [-0.15, -0.1) is 0 Å². The first-order valence-electron chi connectivity index (χ1n) is 3.64. The highest BCUT2D eigenvalue weighted by atomic mass is 16.3. The van der Waals surface area contributed by atoms with Crippen molar-refractivity contribution in [2.45, 2.75) is 20.0 Å². The van der Waals surface area contributed by atoms with Crippen LogP contribution >= 0.6 is 0 Å². The Morgan fingerprint density at radius 3 is 2.45 bits per heavy atom. The first kappa shape index (κ1) is 10.4. The number of carbonyl (C=O) groups excluding carboxylic acids is 1. The number of rotatable bonds is 4. The van der Waals surface area contributed by atoms with Crippen LogP contribution in [0, 0.1) is 5.92 Å². The molecule has 0 bridgehead atoms. The highest BCUT2D eigenvalue weighted by Crippen LogP contribution is 1.90. The van der Waals surface area contributed by atoms with Gasteiger partial charge in [0.1, 0.15) is 0 Å². The van der Waals surface area contributed by atoms with Gasteiger partial charge in [0.05, 0.1) is 12.7 Å². The van der Waals surface area contributed by atoms with Crippen molar-refractivity contribution < 1.29 is 15.0 Å². The number of carbonyl (C=O) groups is 1. The molecule has 0 aromatic carbocycles. The average Bonchev–Trinajstić information content (AvgIpc) is 1.99. The maximum absolute atomic E-state index is 10.9. The molecule has 0 aliphatic rings. The van der Waals surface area contributed by atoms with Gasteiger partial charge in [0.25, 0.3) is 0 Å². The van der Waals surface area contributed by atoms with E-state index in [9.17, 15) is 4.79 Å².